The van der Waals surface area contributed by atoms with Crippen molar-refractivity contribution in [3.63, 3.8) is 0 Å². The van der Waals surface area contributed by atoms with E-state index in [1.165, 1.54) is 17.7 Å². The van der Waals surface area contributed by atoms with Crippen LogP contribution in [0.25, 0.3) is 0 Å². The van der Waals surface area contributed by atoms with E-state index in [9.17, 15) is 9.18 Å². The van der Waals surface area contributed by atoms with Crippen molar-refractivity contribution in [1.29, 1.82) is 0 Å². The van der Waals surface area contributed by atoms with Gasteiger partial charge in [0.15, 0.2) is 0 Å². The van der Waals surface area contributed by atoms with E-state index in [-0.39, 0.29) is 17.0 Å². The molecule has 0 unspecified atom stereocenters. The third-order valence-electron chi connectivity index (χ3n) is 3.57. The van der Waals surface area contributed by atoms with Crippen LogP contribution in [0.2, 0.25) is 0 Å². The SMILES string of the molecule is C[C@H](SCc1ccccc1)C(=O)NCCCc1ccc(F)cc1. The zero-order valence-corrected chi connectivity index (χ0v) is 14.1. The maximum atomic E-state index is 12.8. The summed E-state index contributed by atoms with van der Waals surface area (Å²) in [6.07, 6.45) is 1.69. The second-order valence-electron chi connectivity index (χ2n) is 5.46. The lowest BCUT2D eigenvalue weighted by atomic mass is 10.1. The van der Waals surface area contributed by atoms with E-state index in [1.807, 2.05) is 25.1 Å². The predicted molar refractivity (Wildman–Crippen MR) is 94.9 cm³/mol. The van der Waals surface area contributed by atoms with Crippen LogP contribution in [-0.4, -0.2) is 17.7 Å². The Labute approximate surface area is 141 Å². The second-order valence-corrected chi connectivity index (χ2v) is 6.79. The summed E-state index contributed by atoms with van der Waals surface area (Å²) in [6.45, 7) is 2.58. The molecular weight excluding hydrogens is 309 g/mol. The highest BCUT2D eigenvalue weighted by Gasteiger charge is 2.12. The van der Waals surface area contributed by atoms with E-state index in [4.69, 9.17) is 0 Å². The molecule has 1 amide bonds. The normalized spacial score (nSPS) is 11.9. The van der Waals surface area contributed by atoms with Crippen LogP contribution >= 0.6 is 11.8 Å². The van der Waals surface area contributed by atoms with Gasteiger partial charge in [-0.2, -0.15) is 0 Å². The molecule has 0 spiro atoms. The van der Waals surface area contributed by atoms with Crippen LogP contribution in [0.15, 0.2) is 54.6 Å². The van der Waals surface area contributed by atoms with E-state index >= 15 is 0 Å². The maximum Gasteiger partial charge on any atom is 0.232 e. The highest BCUT2D eigenvalue weighted by molar-refractivity contribution is 7.99. The topological polar surface area (TPSA) is 29.1 Å². The number of hydrogen-bond donors (Lipinski definition) is 1. The van der Waals surface area contributed by atoms with Crippen LogP contribution < -0.4 is 5.32 Å². The molecule has 1 atom stereocenters. The molecule has 0 heterocycles. The molecule has 0 fully saturated rings. The second kappa shape index (κ2) is 9.36. The summed E-state index contributed by atoms with van der Waals surface area (Å²) in [7, 11) is 0. The van der Waals surface area contributed by atoms with Crippen molar-refractivity contribution >= 4 is 17.7 Å². The zero-order valence-electron chi connectivity index (χ0n) is 13.3. The quantitative estimate of drug-likeness (QED) is 0.735. The summed E-state index contributed by atoms with van der Waals surface area (Å²) in [4.78, 5) is 12.0. The largest absolute Gasteiger partial charge is 0.355 e. The smallest absolute Gasteiger partial charge is 0.232 e. The molecular formula is C19H22FNOS. The summed E-state index contributed by atoms with van der Waals surface area (Å²) in [6, 6.07) is 16.7. The zero-order chi connectivity index (χ0) is 16.5. The first-order valence-corrected chi connectivity index (χ1v) is 8.87. The molecule has 0 saturated carbocycles. The number of nitrogens with one attached hydrogen (secondary N) is 1. The van der Waals surface area contributed by atoms with Crippen LogP contribution in [0.3, 0.4) is 0 Å². The highest BCUT2D eigenvalue weighted by Crippen LogP contribution is 2.17. The molecule has 4 heteroatoms. The van der Waals surface area contributed by atoms with Crippen molar-refractivity contribution in [2.24, 2.45) is 0 Å². The molecule has 0 bridgehead atoms. The van der Waals surface area contributed by atoms with E-state index in [1.54, 1.807) is 23.9 Å². The average molecular weight is 331 g/mol. The van der Waals surface area contributed by atoms with Gasteiger partial charge in [-0.15, -0.1) is 11.8 Å². The third kappa shape index (κ3) is 6.45. The summed E-state index contributed by atoms with van der Waals surface area (Å²) >= 11 is 1.64. The van der Waals surface area contributed by atoms with Crippen LogP contribution in [0.5, 0.6) is 0 Å². The van der Waals surface area contributed by atoms with E-state index in [2.05, 4.69) is 17.4 Å². The van der Waals surface area contributed by atoms with Gasteiger partial charge in [-0.3, -0.25) is 4.79 Å². The number of benzene rings is 2. The summed E-state index contributed by atoms with van der Waals surface area (Å²) in [5.41, 5.74) is 2.32. The summed E-state index contributed by atoms with van der Waals surface area (Å²) in [5, 5.41) is 2.90. The van der Waals surface area contributed by atoms with Gasteiger partial charge in [0.1, 0.15) is 5.82 Å². The van der Waals surface area contributed by atoms with Gasteiger partial charge in [0.05, 0.1) is 5.25 Å². The van der Waals surface area contributed by atoms with Crippen LogP contribution in [0.1, 0.15) is 24.5 Å². The van der Waals surface area contributed by atoms with Crippen molar-refractivity contribution in [2.75, 3.05) is 6.54 Å². The monoisotopic (exact) mass is 331 g/mol. The van der Waals surface area contributed by atoms with E-state index in [0.717, 1.165) is 24.2 Å². The van der Waals surface area contributed by atoms with Crippen LogP contribution in [-0.2, 0) is 17.0 Å². The van der Waals surface area contributed by atoms with Crippen molar-refractivity contribution in [3.8, 4) is 0 Å². The lowest BCUT2D eigenvalue weighted by Gasteiger charge is -2.12. The van der Waals surface area contributed by atoms with Crippen LogP contribution in [0, 0.1) is 5.82 Å². The van der Waals surface area contributed by atoms with E-state index < -0.39 is 0 Å². The minimum Gasteiger partial charge on any atom is -0.355 e. The molecule has 0 radical (unpaired) electrons. The number of halogens is 1. The molecule has 2 rings (SSSR count). The Kier molecular flexibility index (Phi) is 7.14. The number of carbonyl (C=O) groups excluding carboxylic acids is 1. The number of hydrogen-bond acceptors (Lipinski definition) is 2. The van der Waals surface area contributed by atoms with Gasteiger partial charge in [0.25, 0.3) is 0 Å². The minimum absolute atomic E-state index is 0.0685. The van der Waals surface area contributed by atoms with Gasteiger partial charge in [-0.25, -0.2) is 4.39 Å². The van der Waals surface area contributed by atoms with Crippen LogP contribution in [0.4, 0.5) is 4.39 Å². The fourth-order valence-electron chi connectivity index (χ4n) is 2.17. The maximum absolute atomic E-state index is 12.8. The molecule has 1 N–H and O–H groups in total. The van der Waals surface area contributed by atoms with E-state index in [0.29, 0.717) is 6.54 Å². The molecule has 0 aliphatic heterocycles. The number of rotatable bonds is 8. The first-order valence-electron chi connectivity index (χ1n) is 7.83. The standard InChI is InChI=1S/C19H22FNOS/c1-15(23-14-17-6-3-2-4-7-17)19(22)21-13-5-8-16-9-11-18(20)12-10-16/h2-4,6-7,9-12,15H,5,8,13-14H2,1H3,(H,21,22)/t15-/m0/s1. The molecule has 2 aromatic carbocycles. The fourth-order valence-corrected chi connectivity index (χ4v) is 3.04. The summed E-state index contributed by atoms with van der Waals surface area (Å²) in [5.74, 6) is 0.696. The summed E-state index contributed by atoms with van der Waals surface area (Å²) < 4.78 is 12.8. The van der Waals surface area contributed by atoms with Gasteiger partial charge >= 0.3 is 0 Å². The highest BCUT2D eigenvalue weighted by atomic mass is 32.2. The van der Waals surface area contributed by atoms with Gasteiger partial charge in [0.2, 0.25) is 5.91 Å². The number of aryl methyl sites for hydroxylation is 1. The first kappa shape index (κ1) is 17.5. The van der Waals surface area contributed by atoms with Gasteiger partial charge in [0, 0.05) is 12.3 Å². The average Bonchev–Trinajstić information content (AvgIpc) is 2.59. The Bertz CT molecular complexity index is 601. The van der Waals surface area contributed by atoms with Crippen molar-refractivity contribution < 1.29 is 9.18 Å². The van der Waals surface area contributed by atoms with Gasteiger partial charge < -0.3 is 5.32 Å². The number of amides is 1. The molecule has 0 aliphatic carbocycles. The number of thioether (sulfide) groups is 1. The van der Waals surface area contributed by atoms with Crippen molar-refractivity contribution in [3.05, 3.63) is 71.5 Å². The molecule has 23 heavy (non-hydrogen) atoms. The lowest BCUT2D eigenvalue weighted by Crippen LogP contribution is -2.31. The number of carbonyl (C=O) groups is 1. The Morgan fingerprint density at radius 1 is 1.09 bits per heavy atom. The predicted octanol–water partition coefficient (Wildman–Crippen LogP) is 4.20. The fraction of sp³-hybridized carbons (Fsp3) is 0.316. The third-order valence-corrected chi connectivity index (χ3v) is 4.78. The molecule has 0 aliphatic rings. The van der Waals surface area contributed by atoms with Crippen molar-refractivity contribution in [2.45, 2.75) is 30.8 Å². The molecule has 0 saturated heterocycles. The Morgan fingerprint density at radius 2 is 1.78 bits per heavy atom. The van der Waals surface area contributed by atoms with Gasteiger partial charge in [-0.05, 0) is 43.0 Å². The first-order chi connectivity index (χ1) is 11.1. The Morgan fingerprint density at radius 3 is 2.48 bits per heavy atom. The van der Waals surface area contributed by atoms with Crippen molar-refractivity contribution in [1.82, 2.24) is 5.32 Å². The molecule has 122 valence electrons. The minimum atomic E-state index is -0.216. The Hall–Kier alpha value is -1.81. The lowest BCUT2D eigenvalue weighted by molar-refractivity contribution is -0.120. The molecule has 2 nitrogen and oxygen atoms in total. The molecule has 2 aromatic rings. The molecule has 0 aromatic heterocycles. The Balaban J connectivity index is 1.63. The van der Waals surface area contributed by atoms with Gasteiger partial charge in [-0.1, -0.05) is 42.5 Å².